The summed E-state index contributed by atoms with van der Waals surface area (Å²) in [5.41, 5.74) is 3.84. The van der Waals surface area contributed by atoms with Crippen molar-refractivity contribution in [2.24, 2.45) is 0 Å². The molecular weight excluding hydrogens is 330 g/mol. The van der Waals surface area contributed by atoms with Crippen LogP contribution in [0.4, 0.5) is 0 Å². The van der Waals surface area contributed by atoms with Crippen LogP contribution >= 0.6 is 11.8 Å². The Morgan fingerprint density at radius 2 is 2.16 bits per heavy atom. The minimum Gasteiger partial charge on any atom is -0.462 e. The Hall–Kier alpha value is -2.25. The van der Waals surface area contributed by atoms with Gasteiger partial charge in [0.1, 0.15) is 5.69 Å². The SMILES string of the molecule is C#Cc1ccc(C(=O)OCC)c(-c2ccc3c(c2)C(C)(C)CCS3)n1. The first-order valence-corrected chi connectivity index (χ1v) is 9.37. The molecule has 0 bridgehead atoms. The van der Waals surface area contributed by atoms with Crippen molar-refractivity contribution in [3.8, 4) is 23.6 Å². The zero-order valence-electron chi connectivity index (χ0n) is 14.8. The number of carbonyl (C=O) groups is 1. The monoisotopic (exact) mass is 351 g/mol. The molecule has 3 nitrogen and oxygen atoms in total. The molecule has 0 N–H and O–H groups in total. The van der Waals surface area contributed by atoms with Gasteiger partial charge < -0.3 is 4.74 Å². The molecule has 3 rings (SSSR count). The molecule has 4 heteroatoms. The summed E-state index contributed by atoms with van der Waals surface area (Å²) < 4.78 is 5.18. The maximum Gasteiger partial charge on any atom is 0.340 e. The second kappa shape index (κ2) is 6.93. The maximum atomic E-state index is 12.3. The highest BCUT2D eigenvalue weighted by Gasteiger charge is 2.28. The number of esters is 1. The molecule has 1 aromatic heterocycles. The summed E-state index contributed by atoms with van der Waals surface area (Å²) in [6, 6.07) is 9.66. The van der Waals surface area contributed by atoms with Crippen molar-refractivity contribution >= 4 is 17.7 Å². The number of rotatable bonds is 3. The van der Waals surface area contributed by atoms with Crippen LogP contribution in [-0.4, -0.2) is 23.3 Å². The van der Waals surface area contributed by atoms with Crippen molar-refractivity contribution in [3.05, 3.63) is 47.2 Å². The van der Waals surface area contributed by atoms with Crippen LogP contribution in [0.25, 0.3) is 11.3 Å². The Labute approximate surface area is 153 Å². The fourth-order valence-electron chi connectivity index (χ4n) is 3.02. The molecule has 0 radical (unpaired) electrons. The minimum absolute atomic E-state index is 0.102. The van der Waals surface area contributed by atoms with Gasteiger partial charge in [-0.25, -0.2) is 9.78 Å². The smallest absolute Gasteiger partial charge is 0.340 e. The number of nitrogens with zero attached hydrogens (tertiary/aromatic N) is 1. The van der Waals surface area contributed by atoms with Crippen LogP contribution in [0.15, 0.2) is 35.2 Å². The van der Waals surface area contributed by atoms with Crippen LogP contribution < -0.4 is 0 Å². The van der Waals surface area contributed by atoms with E-state index in [1.807, 2.05) is 17.8 Å². The fourth-order valence-corrected chi connectivity index (χ4v) is 4.50. The van der Waals surface area contributed by atoms with E-state index in [-0.39, 0.29) is 11.4 Å². The third-order valence-electron chi connectivity index (χ3n) is 4.51. The molecule has 25 heavy (non-hydrogen) atoms. The van der Waals surface area contributed by atoms with E-state index >= 15 is 0 Å². The van der Waals surface area contributed by atoms with E-state index in [0.717, 1.165) is 17.7 Å². The number of pyridine rings is 1. The molecule has 1 aliphatic heterocycles. The lowest BCUT2D eigenvalue weighted by Crippen LogP contribution is -2.22. The number of fused-ring (bicyclic) bond motifs is 1. The quantitative estimate of drug-likeness (QED) is 0.594. The van der Waals surface area contributed by atoms with Crippen molar-refractivity contribution in [1.29, 1.82) is 0 Å². The van der Waals surface area contributed by atoms with Gasteiger partial charge in [-0.05, 0) is 54.3 Å². The lowest BCUT2D eigenvalue weighted by molar-refractivity contribution is 0.0527. The average molecular weight is 351 g/mol. The Balaban J connectivity index is 2.16. The number of carbonyl (C=O) groups excluding carboxylic acids is 1. The summed E-state index contributed by atoms with van der Waals surface area (Å²) in [5, 5.41) is 0. The predicted octanol–water partition coefficient (Wildman–Crippen LogP) is 4.68. The zero-order chi connectivity index (χ0) is 18.0. The summed E-state index contributed by atoms with van der Waals surface area (Å²) in [4.78, 5) is 18.2. The number of benzene rings is 1. The predicted molar refractivity (Wildman–Crippen MR) is 102 cm³/mol. The van der Waals surface area contributed by atoms with Crippen molar-refractivity contribution in [2.45, 2.75) is 37.5 Å². The van der Waals surface area contributed by atoms with Gasteiger partial charge in [0, 0.05) is 10.5 Å². The Bertz CT molecular complexity index is 865. The van der Waals surface area contributed by atoms with Gasteiger partial charge in [0.2, 0.25) is 0 Å². The highest BCUT2D eigenvalue weighted by atomic mass is 32.2. The van der Waals surface area contributed by atoms with Crippen LogP contribution in [0, 0.1) is 12.3 Å². The molecule has 0 fully saturated rings. The van der Waals surface area contributed by atoms with Crippen molar-refractivity contribution in [2.75, 3.05) is 12.4 Å². The van der Waals surface area contributed by atoms with E-state index in [1.165, 1.54) is 10.5 Å². The standard InChI is InChI=1S/C21H21NO2S/c1-5-15-8-9-16(20(23)24-6-2)19(22-15)14-7-10-18-17(13-14)21(3,4)11-12-25-18/h1,7-10,13H,6,11-12H2,2-4H3. The first kappa shape index (κ1) is 17.6. The van der Waals surface area contributed by atoms with Gasteiger partial charge >= 0.3 is 5.97 Å². The molecule has 2 aromatic rings. The third-order valence-corrected chi connectivity index (χ3v) is 5.58. The average Bonchev–Trinajstić information content (AvgIpc) is 2.61. The van der Waals surface area contributed by atoms with Gasteiger partial charge in [0.15, 0.2) is 0 Å². The highest BCUT2D eigenvalue weighted by molar-refractivity contribution is 7.99. The van der Waals surface area contributed by atoms with Crippen LogP contribution in [0.2, 0.25) is 0 Å². The van der Waals surface area contributed by atoms with Crippen molar-refractivity contribution < 1.29 is 9.53 Å². The largest absolute Gasteiger partial charge is 0.462 e. The van der Waals surface area contributed by atoms with Crippen molar-refractivity contribution in [1.82, 2.24) is 4.98 Å². The molecule has 128 valence electrons. The van der Waals surface area contributed by atoms with Crippen LogP contribution in [0.5, 0.6) is 0 Å². The maximum absolute atomic E-state index is 12.3. The molecule has 0 unspecified atom stereocenters. The second-order valence-electron chi connectivity index (χ2n) is 6.65. The minimum atomic E-state index is -0.375. The Morgan fingerprint density at radius 3 is 2.88 bits per heavy atom. The third kappa shape index (κ3) is 3.43. The number of hydrogen-bond acceptors (Lipinski definition) is 4. The number of thioether (sulfide) groups is 1. The fraction of sp³-hybridized carbons (Fsp3) is 0.333. The zero-order valence-corrected chi connectivity index (χ0v) is 15.6. The van der Waals surface area contributed by atoms with Gasteiger partial charge in [0.25, 0.3) is 0 Å². The van der Waals surface area contributed by atoms with Crippen LogP contribution in [0.3, 0.4) is 0 Å². The number of aromatic nitrogens is 1. The van der Waals surface area contributed by atoms with Crippen LogP contribution in [0.1, 0.15) is 48.8 Å². The van der Waals surface area contributed by atoms with Gasteiger partial charge in [-0.15, -0.1) is 18.2 Å². The molecule has 0 saturated heterocycles. The molecule has 1 aliphatic rings. The van der Waals surface area contributed by atoms with Crippen LogP contribution in [-0.2, 0) is 10.2 Å². The van der Waals surface area contributed by atoms with E-state index in [1.54, 1.807) is 19.1 Å². The molecule has 0 saturated carbocycles. The van der Waals surface area contributed by atoms with E-state index < -0.39 is 0 Å². The number of ether oxygens (including phenoxy) is 1. The molecule has 0 spiro atoms. The van der Waals surface area contributed by atoms with E-state index in [0.29, 0.717) is 23.6 Å². The van der Waals surface area contributed by atoms with E-state index in [9.17, 15) is 4.79 Å². The first-order valence-electron chi connectivity index (χ1n) is 8.38. The Kier molecular flexibility index (Phi) is 4.87. The lowest BCUT2D eigenvalue weighted by Gasteiger charge is -2.32. The second-order valence-corrected chi connectivity index (χ2v) is 7.79. The summed E-state index contributed by atoms with van der Waals surface area (Å²) in [7, 11) is 0. The van der Waals surface area contributed by atoms with E-state index in [4.69, 9.17) is 11.2 Å². The molecular formula is C21H21NO2S. The Morgan fingerprint density at radius 1 is 1.36 bits per heavy atom. The molecule has 0 atom stereocenters. The molecule has 0 amide bonds. The molecule has 1 aromatic carbocycles. The van der Waals surface area contributed by atoms with Gasteiger partial charge in [-0.2, -0.15) is 0 Å². The van der Waals surface area contributed by atoms with Gasteiger partial charge in [0.05, 0.1) is 17.9 Å². The molecule has 0 aliphatic carbocycles. The molecule has 2 heterocycles. The summed E-state index contributed by atoms with van der Waals surface area (Å²) in [6.07, 6.45) is 6.63. The summed E-state index contributed by atoms with van der Waals surface area (Å²) in [6.45, 7) is 6.63. The lowest BCUT2D eigenvalue weighted by atomic mass is 9.81. The summed E-state index contributed by atoms with van der Waals surface area (Å²) >= 11 is 1.88. The number of hydrogen-bond donors (Lipinski definition) is 0. The van der Waals surface area contributed by atoms with E-state index in [2.05, 4.69) is 36.9 Å². The first-order chi connectivity index (χ1) is 12.0. The topological polar surface area (TPSA) is 39.2 Å². The van der Waals surface area contributed by atoms with Gasteiger partial charge in [-0.3, -0.25) is 0 Å². The normalized spacial score (nSPS) is 15.1. The summed E-state index contributed by atoms with van der Waals surface area (Å²) in [5.74, 6) is 3.29. The van der Waals surface area contributed by atoms with Crippen molar-refractivity contribution in [3.63, 3.8) is 0 Å². The van der Waals surface area contributed by atoms with Gasteiger partial charge in [-0.1, -0.05) is 25.8 Å². The highest BCUT2D eigenvalue weighted by Crippen LogP contribution is 2.43. The number of terminal acetylenes is 1.